The highest BCUT2D eigenvalue weighted by Crippen LogP contribution is 2.42. The van der Waals surface area contributed by atoms with Crippen LogP contribution in [0, 0.1) is 0 Å². The average Bonchev–Trinajstić information content (AvgIpc) is 3.66. The summed E-state index contributed by atoms with van der Waals surface area (Å²) in [4.78, 5) is 0. The van der Waals surface area contributed by atoms with Crippen LogP contribution in [0.5, 0.6) is 0 Å². The van der Waals surface area contributed by atoms with E-state index in [2.05, 4.69) is 164 Å². The zero-order valence-electron chi connectivity index (χ0n) is 29.8. The Hall–Kier alpha value is -6.48. The maximum Gasteiger partial charge on any atom is 0.144 e. The van der Waals surface area contributed by atoms with Gasteiger partial charge in [-0.1, -0.05) is 153 Å². The highest BCUT2D eigenvalue weighted by molar-refractivity contribution is 7.17. The molecule has 0 spiro atoms. The zero-order valence-corrected chi connectivity index (χ0v) is 30.6. The summed E-state index contributed by atoms with van der Waals surface area (Å²) in [5.74, 6) is 0. The summed E-state index contributed by atoms with van der Waals surface area (Å²) in [5.41, 5.74) is 11.1. The van der Waals surface area contributed by atoms with Gasteiger partial charge in [0.1, 0.15) is 11.2 Å². The van der Waals surface area contributed by atoms with Crippen LogP contribution >= 0.6 is 11.3 Å². The summed E-state index contributed by atoms with van der Waals surface area (Å²) in [5, 5.41) is 13.1. The fourth-order valence-corrected chi connectivity index (χ4v) is 9.44. The van der Waals surface area contributed by atoms with Gasteiger partial charge in [-0.15, -0.1) is 11.3 Å². The summed E-state index contributed by atoms with van der Waals surface area (Å²) < 4.78 is 7.84. The lowest BCUT2D eigenvalue weighted by atomic mass is 9.83. The second-order valence-corrected chi connectivity index (χ2v) is 14.8. The first-order valence-electron chi connectivity index (χ1n) is 18.5. The summed E-state index contributed by atoms with van der Waals surface area (Å²) in [7, 11) is 0. The number of para-hydroxylation sites is 1. The normalized spacial score (nSPS) is 12.4. The third kappa shape index (κ3) is 5.14. The van der Waals surface area contributed by atoms with E-state index in [0.717, 1.165) is 62.6 Å². The quantitative estimate of drug-likeness (QED) is 0.173. The number of hydrogen-bond donors (Lipinski definition) is 0. The molecule has 0 saturated heterocycles. The van der Waals surface area contributed by atoms with Gasteiger partial charge in [0.2, 0.25) is 0 Å². The van der Waals surface area contributed by atoms with Gasteiger partial charge >= 0.3 is 0 Å². The van der Waals surface area contributed by atoms with Crippen molar-refractivity contribution in [2.45, 2.75) is 12.8 Å². The Balaban J connectivity index is 1.19. The first-order chi connectivity index (χ1) is 26.7. The first kappa shape index (κ1) is 32.2. The molecule has 2 heterocycles. The van der Waals surface area contributed by atoms with E-state index < -0.39 is 0 Å². The van der Waals surface area contributed by atoms with Crippen molar-refractivity contribution in [1.82, 2.24) is 0 Å². The van der Waals surface area contributed by atoms with Crippen LogP contribution in [0.1, 0.15) is 24.0 Å². The van der Waals surface area contributed by atoms with Crippen molar-refractivity contribution in [3.63, 3.8) is 0 Å². The van der Waals surface area contributed by atoms with Crippen LogP contribution in [0.3, 0.4) is 0 Å². The smallest absolute Gasteiger partial charge is 0.144 e. The van der Waals surface area contributed by atoms with Crippen molar-refractivity contribution < 1.29 is 4.42 Å². The molecule has 0 atom stereocenters. The van der Waals surface area contributed by atoms with Gasteiger partial charge in [-0.05, 0) is 114 Å². The fourth-order valence-electron chi connectivity index (χ4n) is 8.55. The van der Waals surface area contributed by atoms with E-state index >= 15 is 0 Å². The predicted octanol–water partition coefficient (Wildman–Crippen LogP) is 13.9. The Bertz CT molecular complexity index is 3210. The van der Waals surface area contributed by atoms with Crippen molar-refractivity contribution >= 4 is 89.2 Å². The molecule has 7 aromatic carbocycles. The second kappa shape index (κ2) is 13.2. The van der Waals surface area contributed by atoms with Crippen LogP contribution < -0.4 is 10.4 Å². The van der Waals surface area contributed by atoms with Gasteiger partial charge in [-0.3, -0.25) is 0 Å². The van der Waals surface area contributed by atoms with Gasteiger partial charge in [0.25, 0.3) is 0 Å². The van der Waals surface area contributed by atoms with Gasteiger partial charge in [0, 0.05) is 26.2 Å². The molecule has 256 valence electrons. The molecule has 0 N–H and O–H groups in total. The minimum absolute atomic E-state index is 0.907. The molecular weight excluding hydrogens is 673 g/mol. The van der Waals surface area contributed by atoms with E-state index in [0.29, 0.717) is 0 Å². The Kier molecular flexibility index (Phi) is 7.86. The second-order valence-electron chi connectivity index (χ2n) is 13.9. The van der Waals surface area contributed by atoms with Crippen molar-refractivity contribution in [2.75, 3.05) is 0 Å². The molecule has 2 aromatic heterocycles. The van der Waals surface area contributed by atoms with Crippen LogP contribution in [0.2, 0.25) is 0 Å². The minimum Gasteiger partial charge on any atom is -0.455 e. The number of hydrogen-bond acceptors (Lipinski definition) is 2. The molecule has 0 bridgehead atoms. The van der Waals surface area contributed by atoms with Crippen molar-refractivity contribution in [2.24, 2.45) is 0 Å². The summed E-state index contributed by atoms with van der Waals surface area (Å²) in [6.07, 6.45) is 10.9. The number of furan rings is 1. The van der Waals surface area contributed by atoms with E-state index in [-0.39, 0.29) is 0 Å². The van der Waals surface area contributed by atoms with Crippen molar-refractivity contribution in [3.8, 4) is 33.4 Å². The van der Waals surface area contributed by atoms with Gasteiger partial charge in [-0.2, -0.15) is 0 Å². The first-order valence-corrected chi connectivity index (χ1v) is 19.4. The highest BCUT2D eigenvalue weighted by atomic mass is 32.1. The Labute approximate surface area is 318 Å². The SMILES string of the molecule is C=Cc1c(C=C)c(-c2ccc3ccccc3c2)c2c(c1-c1cccc(-c3cccsc4c5ccccc5c5c6ccccc6oc5c4cc3)c1)=CCCC=2. The number of fused-ring (bicyclic) bond motifs is 10. The molecule has 0 amide bonds. The van der Waals surface area contributed by atoms with Crippen LogP contribution in [0.25, 0.3) is 111 Å². The number of benzene rings is 7. The monoisotopic (exact) mass is 708 g/mol. The highest BCUT2D eigenvalue weighted by Gasteiger charge is 2.19. The molecule has 0 unspecified atom stereocenters. The van der Waals surface area contributed by atoms with Crippen molar-refractivity contribution in [1.29, 1.82) is 0 Å². The van der Waals surface area contributed by atoms with E-state index in [1.54, 1.807) is 11.3 Å². The van der Waals surface area contributed by atoms with Crippen LogP contribution in [0.4, 0.5) is 0 Å². The fraction of sp³-hybridized carbons (Fsp3) is 0.0385. The van der Waals surface area contributed by atoms with Gasteiger partial charge < -0.3 is 4.42 Å². The van der Waals surface area contributed by atoms with E-state index in [1.165, 1.54) is 58.8 Å². The molecule has 9 aromatic rings. The third-order valence-electron chi connectivity index (χ3n) is 10.9. The maximum atomic E-state index is 6.64. The van der Waals surface area contributed by atoms with E-state index in [1.807, 2.05) is 18.2 Å². The molecule has 0 radical (unpaired) electrons. The maximum absolute atomic E-state index is 6.64. The Morgan fingerprint density at radius 3 is 1.91 bits per heavy atom. The summed E-state index contributed by atoms with van der Waals surface area (Å²) in [6.45, 7) is 8.73. The van der Waals surface area contributed by atoms with Crippen LogP contribution in [0.15, 0.2) is 162 Å². The standard InChI is InChI=1S/C52H36OS/c1-3-39-40(4-2)49(38-27-26-33-15-5-6-16-35(33)32-38)42-21-8-7-20-41(42)48(39)37-18-13-17-36(31-37)34-19-14-30-54-52-44-23-10-9-22-43(44)50-45-24-11-12-25-47(45)53-51(50)46(52)29-28-34/h3-6,9-32H,1-2,7-8H2. The van der Waals surface area contributed by atoms with Crippen LogP contribution in [-0.2, 0) is 0 Å². The lowest BCUT2D eigenvalue weighted by Gasteiger charge is -2.20. The molecular formula is C52H36OS. The molecule has 0 saturated carbocycles. The van der Waals surface area contributed by atoms with Gasteiger partial charge in [0.05, 0.1) is 0 Å². The predicted molar refractivity (Wildman–Crippen MR) is 236 cm³/mol. The molecule has 10 rings (SSSR count). The lowest BCUT2D eigenvalue weighted by molar-refractivity contribution is 0.673. The van der Waals surface area contributed by atoms with E-state index in [4.69, 9.17) is 4.42 Å². The molecule has 1 aliphatic rings. The molecule has 2 heteroatoms. The molecule has 0 fully saturated rings. The summed E-state index contributed by atoms with van der Waals surface area (Å²) in [6, 6.07) is 50.3. The molecule has 1 aliphatic carbocycles. The molecule has 0 aliphatic heterocycles. The van der Waals surface area contributed by atoms with E-state index in [9.17, 15) is 0 Å². The van der Waals surface area contributed by atoms with Gasteiger partial charge in [-0.25, -0.2) is 0 Å². The summed E-state index contributed by atoms with van der Waals surface area (Å²) >= 11 is 1.75. The molecule has 54 heavy (non-hydrogen) atoms. The third-order valence-corrected chi connectivity index (χ3v) is 11.9. The number of rotatable bonds is 5. The largest absolute Gasteiger partial charge is 0.455 e. The van der Waals surface area contributed by atoms with Gasteiger partial charge in [0.15, 0.2) is 0 Å². The average molecular weight is 709 g/mol. The Morgan fingerprint density at radius 1 is 0.500 bits per heavy atom. The van der Waals surface area contributed by atoms with Crippen LogP contribution in [-0.4, -0.2) is 0 Å². The van der Waals surface area contributed by atoms with Crippen molar-refractivity contribution in [3.05, 3.63) is 180 Å². The molecule has 1 nitrogen and oxygen atoms in total. The lowest BCUT2D eigenvalue weighted by Crippen LogP contribution is -2.33. The zero-order chi connectivity index (χ0) is 36.2. The minimum atomic E-state index is 0.907. The topological polar surface area (TPSA) is 13.1 Å². The Morgan fingerprint density at radius 2 is 1.13 bits per heavy atom.